The predicted molar refractivity (Wildman–Crippen MR) is 81.2 cm³/mol. The second kappa shape index (κ2) is 9.17. The highest BCUT2D eigenvalue weighted by atomic mass is 79.9. The maximum Gasteiger partial charge on any atom is 0.244 e. The second-order valence-electron chi connectivity index (χ2n) is 5.41. The maximum atomic E-state index is 2.43. The van der Waals surface area contributed by atoms with E-state index in [0.29, 0.717) is 0 Å². The van der Waals surface area contributed by atoms with Crippen molar-refractivity contribution in [2.45, 2.75) is 65.5 Å². The quantitative estimate of drug-likeness (QED) is 0.507. The Kier molecular flexibility index (Phi) is 7.90. The van der Waals surface area contributed by atoms with E-state index in [4.69, 9.17) is 0 Å². The van der Waals surface area contributed by atoms with E-state index in [0.717, 1.165) is 13.1 Å². The fourth-order valence-electron chi connectivity index (χ4n) is 2.73. The Bertz CT molecular complexity index is 505. The highest BCUT2D eigenvalue weighted by Crippen LogP contribution is 2.13. The van der Waals surface area contributed by atoms with Crippen molar-refractivity contribution < 1.29 is 21.5 Å². The van der Waals surface area contributed by atoms with E-state index in [-0.39, 0.29) is 17.0 Å². The van der Waals surface area contributed by atoms with Crippen LogP contribution >= 0.6 is 0 Å². The van der Waals surface area contributed by atoms with E-state index in [1.165, 1.54) is 49.6 Å². The minimum atomic E-state index is 0. The van der Waals surface area contributed by atoms with Crippen LogP contribution in [-0.4, -0.2) is 4.57 Å². The van der Waals surface area contributed by atoms with Gasteiger partial charge in [-0.25, -0.2) is 9.13 Å². The zero-order chi connectivity index (χ0) is 13.5. The zero-order valence-corrected chi connectivity index (χ0v) is 14.4. The van der Waals surface area contributed by atoms with Crippen LogP contribution in [0.4, 0.5) is 0 Å². The van der Waals surface area contributed by atoms with Crippen LogP contribution in [0, 0.1) is 0 Å². The average molecular weight is 339 g/mol. The smallest absolute Gasteiger partial charge is 0.244 e. The van der Waals surface area contributed by atoms with Crippen LogP contribution in [0.2, 0.25) is 0 Å². The standard InChI is InChI=1S/C17H27N2.BrH/c1-3-5-6-7-10-14-19-15-18(13-4-2)16-11-8-9-12-17(16)19;/h8-9,11-12,15H,3-7,10,13-14H2,1-2H3;1H/q+1;/p-1. The third kappa shape index (κ3) is 4.34. The van der Waals surface area contributed by atoms with E-state index < -0.39 is 0 Å². The van der Waals surface area contributed by atoms with Gasteiger partial charge < -0.3 is 17.0 Å². The average Bonchev–Trinajstić information content (AvgIpc) is 2.78. The Morgan fingerprint density at radius 1 is 0.950 bits per heavy atom. The number of fused-ring (bicyclic) bond motifs is 1. The molecule has 0 atom stereocenters. The van der Waals surface area contributed by atoms with Crippen LogP contribution < -0.4 is 21.5 Å². The third-order valence-corrected chi connectivity index (χ3v) is 3.75. The zero-order valence-electron chi connectivity index (χ0n) is 12.8. The molecule has 0 N–H and O–H groups in total. The van der Waals surface area contributed by atoms with Crippen LogP contribution in [0.15, 0.2) is 30.6 Å². The van der Waals surface area contributed by atoms with Crippen molar-refractivity contribution in [1.82, 2.24) is 4.57 Å². The van der Waals surface area contributed by atoms with Crippen molar-refractivity contribution in [3.05, 3.63) is 30.6 Å². The third-order valence-electron chi connectivity index (χ3n) is 3.75. The summed E-state index contributed by atoms with van der Waals surface area (Å²) in [6.45, 7) is 6.78. The van der Waals surface area contributed by atoms with Gasteiger partial charge >= 0.3 is 0 Å². The number of imidazole rings is 1. The lowest BCUT2D eigenvalue weighted by Crippen LogP contribution is -3.00. The van der Waals surface area contributed by atoms with Gasteiger partial charge in [-0.2, -0.15) is 0 Å². The summed E-state index contributed by atoms with van der Waals surface area (Å²) in [6.07, 6.45) is 10.2. The summed E-state index contributed by atoms with van der Waals surface area (Å²) in [4.78, 5) is 0. The molecule has 2 aromatic rings. The summed E-state index contributed by atoms with van der Waals surface area (Å²) in [7, 11) is 0. The topological polar surface area (TPSA) is 8.81 Å². The number of aromatic nitrogens is 2. The van der Waals surface area contributed by atoms with Gasteiger partial charge in [-0.1, -0.05) is 45.2 Å². The summed E-state index contributed by atoms with van der Waals surface area (Å²) >= 11 is 0. The molecule has 0 spiro atoms. The van der Waals surface area contributed by atoms with Crippen LogP contribution in [0.25, 0.3) is 11.0 Å². The summed E-state index contributed by atoms with van der Waals surface area (Å²) in [6, 6.07) is 8.76. The van der Waals surface area contributed by atoms with E-state index in [1.54, 1.807) is 0 Å². The van der Waals surface area contributed by atoms with Crippen LogP contribution in [0.1, 0.15) is 52.4 Å². The second-order valence-corrected chi connectivity index (χ2v) is 5.41. The Morgan fingerprint density at radius 2 is 1.70 bits per heavy atom. The number of hydrogen-bond acceptors (Lipinski definition) is 0. The highest BCUT2D eigenvalue weighted by molar-refractivity contribution is 5.71. The van der Waals surface area contributed by atoms with E-state index in [2.05, 4.69) is 53.6 Å². The number of aryl methyl sites for hydroxylation is 2. The Hall–Kier alpha value is -0.830. The summed E-state index contributed by atoms with van der Waals surface area (Å²) in [5, 5.41) is 0. The van der Waals surface area contributed by atoms with Gasteiger partial charge in [-0.05, 0) is 31.4 Å². The normalized spacial score (nSPS) is 10.7. The van der Waals surface area contributed by atoms with Crippen molar-refractivity contribution in [2.75, 3.05) is 0 Å². The molecule has 0 unspecified atom stereocenters. The SMILES string of the molecule is CCCCCCCn1c[n+](CCC)c2ccccc21.[Br-]. The first-order chi connectivity index (χ1) is 9.36. The first kappa shape index (κ1) is 17.2. The number of halogens is 1. The molecule has 2 nitrogen and oxygen atoms in total. The summed E-state index contributed by atoms with van der Waals surface area (Å²) < 4.78 is 4.82. The van der Waals surface area contributed by atoms with Gasteiger partial charge in [0.2, 0.25) is 6.33 Å². The molecule has 3 heteroatoms. The lowest BCUT2D eigenvalue weighted by molar-refractivity contribution is -0.672. The van der Waals surface area contributed by atoms with Gasteiger partial charge in [-0.15, -0.1) is 0 Å². The largest absolute Gasteiger partial charge is 1.00 e. The summed E-state index contributed by atoms with van der Waals surface area (Å²) in [5.74, 6) is 0. The van der Waals surface area contributed by atoms with Gasteiger partial charge in [-0.3, -0.25) is 0 Å². The number of nitrogens with zero attached hydrogens (tertiary/aromatic N) is 2. The molecular weight excluding hydrogens is 312 g/mol. The molecule has 0 radical (unpaired) electrons. The lowest BCUT2D eigenvalue weighted by Gasteiger charge is -1.98. The first-order valence-electron chi connectivity index (χ1n) is 7.84. The van der Waals surface area contributed by atoms with Crippen molar-refractivity contribution in [3.63, 3.8) is 0 Å². The van der Waals surface area contributed by atoms with E-state index >= 15 is 0 Å². The fraction of sp³-hybridized carbons (Fsp3) is 0.588. The maximum absolute atomic E-state index is 2.43. The number of unbranched alkanes of at least 4 members (excludes halogenated alkanes) is 4. The Balaban J connectivity index is 0.00000200. The Labute approximate surface area is 133 Å². The molecule has 0 saturated heterocycles. The van der Waals surface area contributed by atoms with Crippen LogP contribution in [-0.2, 0) is 13.1 Å². The molecule has 0 aliphatic carbocycles. The van der Waals surface area contributed by atoms with Crippen molar-refractivity contribution in [3.8, 4) is 0 Å². The molecular formula is C17H27BrN2. The lowest BCUT2D eigenvalue weighted by atomic mass is 10.1. The molecule has 0 aliphatic rings. The number of rotatable bonds is 8. The molecule has 0 saturated carbocycles. The number of para-hydroxylation sites is 2. The van der Waals surface area contributed by atoms with Gasteiger partial charge in [0.1, 0.15) is 0 Å². The minimum Gasteiger partial charge on any atom is -1.00 e. The first-order valence-corrected chi connectivity index (χ1v) is 7.84. The minimum absolute atomic E-state index is 0. The molecule has 0 aliphatic heterocycles. The van der Waals surface area contributed by atoms with Gasteiger partial charge in [0.25, 0.3) is 0 Å². The van der Waals surface area contributed by atoms with Crippen molar-refractivity contribution in [1.29, 1.82) is 0 Å². The molecule has 112 valence electrons. The molecule has 2 rings (SSSR count). The number of hydrogen-bond donors (Lipinski definition) is 0. The molecule has 0 fully saturated rings. The molecule has 1 heterocycles. The van der Waals surface area contributed by atoms with E-state index in [9.17, 15) is 0 Å². The monoisotopic (exact) mass is 338 g/mol. The Morgan fingerprint density at radius 3 is 2.45 bits per heavy atom. The van der Waals surface area contributed by atoms with Crippen LogP contribution in [0.3, 0.4) is 0 Å². The van der Waals surface area contributed by atoms with Crippen LogP contribution in [0.5, 0.6) is 0 Å². The molecule has 0 amide bonds. The molecule has 1 aromatic heterocycles. The van der Waals surface area contributed by atoms with Crippen molar-refractivity contribution in [2.24, 2.45) is 0 Å². The molecule has 20 heavy (non-hydrogen) atoms. The summed E-state index contributed by atoms with van der Waals surface area (Å²) in [5.41, 5.74) is 2.75. The number of benzene rings is 1. The molecule has 0 bridgehead atoms. The fourth-order valence-corrected chi connectivity index (χ4v) is 2.73. The van der Waals surface area contributed by atoms with Gasteiger partial charge in [0.15, 0.2) is 11.0 Å². The van der Waals surface area contributed by atoms with E-state index in [1.807, 2.05) is 0 Å². The predicted octanol–water partition coefficient (Wildman–Crippen LogP) is 1.31. The van der Waals surface area contributed by atoms with Gasteiger partial charge in [0, 0.05) is 0 Å². The van der Waals surface area contributed by atoms with Crippen molar-refractivity contribution >= 4 is 11.0 Å². The highest BCUT2D eigenvalue weighted by Gasteiger charge is 2.13. The van der Waals surface area contributed by atoms with Gasteiger partial charge in [0.05, 0.1) is 13.1 Å². The molecule has 1 aromatic carbocycles.